The molecular formula is C10H19NO. The fourth-order valence-corrected chi connectivity index (χ4v) is 1.44. The molecule has 0 bridgehead atoms. The molecule has 0 spiro atoms. The average molecular weight is 169 g/mol. The lowest BCUT2D eigenvalue weighted by Gasteiger charge is -2.30. The minimum absolute atomic E-state index is 0.578. The van der Waals surface area contributed by atoms with Crippen LogP contribution in [-0.4, -0.2) is 37.2 Å². The maximum absolute atomic E-state index is 5.29. The van der Waals surface area contributed by atoms with Gasteiger partial charge in [-0.25, -0.2) is 0 Å². The van der Waals surface area contributed by atoms with E-state index in [0.29, 0.717) is 6.04 Å². The molecule has 0 aromatic carbocycles. The Kier molecular flexibility index (Phi) is 4.33. The summed E-state index contributed by atoms with van der Waals surface area (Å²) in [6.45, 7) is 8.36. The van der Waals surface area contributed by atoms with Gasteiger partial charge in [0.15, 0.2) is 0 Å². The number of hydrogen-bond donors (Lipinski definition) is 0. The van der Waals surface area contributed by atoms with Crippen molar-refractivity contribution in [2.45, 2.75) is 26.3 Å². The summed E-state index contributed by atoms with van der Waals surface area (Å²) < 4.78 is 5.29. The molecular weight excluding hydrogens is 150 g/mol. The van der Waals surface area contributed by atoms with Crippen LogP contribution in [-0.2, 0) is 4.74 Å². The first-order chi connectivity index (χ1) is 5.84. The molecule has 0 N–H and O–H groups in total. The van der Waals surface area contributed by atoms with Crippen molar-refractivity contribution in [2.24, 2.45) is 0 Å². The van der Waals surface area contributed by atoms with Gasteiger partial charge in [-0.1, -0.05) is 19.1 Å². The normalized spacial score (nSPS) is 23.2. The molecule has 12 heavy (non-hydrogen) atoms. The van der Waals surface area contributed by atoms with Crippen molar-refractivity contribution in [3.63, 3.8) is 0 Å². The molecule has 1 saturated heterocycles. The lowest BCUT2D eigenvalue weighted by molar-refractivity contribution is 0.0286. The van der Waals surface area contributed by atoms with Crippen molar-refractivity contribution < 1.29 is 4.74 Å². The SMILES string of the molecule is CC/C=C/C(C)N1CCOCC1. The number of rotatable bonds is 3. The van der Waals surface area contributed by atoms with Crippen molar-refractivity contribution in [2.75, 3.05) is 26.3 Å². The molecule has 1 aliphatic heterocycles. The molecule has 0 aromatic rings. The molecule has 0 aromatic heterocycles. The summed E-state index contributed by atoms with van der Waals surface area (Å²) in [5.41, 5.74) is 0. The van der Waals surface area contributed by atoms with Gasteiger partial charge in [-0.2, -0.15) is 0 Å². The number of morpholine rings is 1. The third kappa shape index (κ3) is 2.95. The van der Waals surface area contributed by atoms with Crippen LogP contribution in [0.25, 0.3) is 0 Å². The minimum Gasteiger partial charge on any atom is -0.379 e. The van der Waals surface area contributed by atoms with Crippen LogP contribution < -0.4 is 0 Å². The summed E-state index contributed by atoms with van der Waals surface area (Å²) in [6, 6.07) is 0.578. The van der Waals surface area contributed by atoms with Gasteiger partial charge in [-0.05, 0) is 13.3 Å². The second kappa shape index (κ2) is 5.33. The maximum Gasteiger partial charge on any atom is 0.0594 e. The van der Waals surface area contributed by atoms with E-state index in [-0.39, 0.29) is 0 Å². The average Bonchev–Trinajstić information content (AvgIpc) is 2.15. The van der Waals surface area contributed by atoms with Crippen LogP contribution in [0.15, 0.2) is 12.2 Å². The van der Waals surface area contributed by atoms with Crippen LogP contribution in [0, 0.1) is 0 Å². The summed E-state index contributed by atoms with van der Waals surface area (Å²) in [7, 11) is 0. The summed E-state index contributed by atoms with van der Waals surface area (Å²) in [5.74, 6) is 0. The van der Waals surface area contributed by atoms with Crippen molar-refractivity contribution in [3.05, 3.63) is 12.2 Å². The van der Waals surface area contributed by atoms with E-state index in [1.54, 1.807) is 0 Å². The van der Waals surface area contributed by atoms with Crippen molar-refractivity contribution in [1.29, 1.82) is 0 Å². The highest BCUT2D eigenvalue weighted by Gasteiger charge is 2.13. The summed E-state index contributed by atoms with van der Waals surface area (Å²) >= 11 is 0. The van der Waals surface area contributed by atoms with Gasteiger partial charge < -0.3 is 4.74 Å². The Morgan fingerprint density at radius 1 is 1.42 bits per heavy atom. The Labute approximate surface area is 75.2 Å². The minimum atomic E-state index is 0.578. The van der Waals surface area contributed by atoms with Gasteiger partial charge in [0.1, 0.15) is 0 Å². The lowest BCUT2D eigenvalue weighted by Crippen LogP contribution is -2.41. The second-order valence-electron chi connectivity index (χ2n) is 3.23. The molecule has 0 radical (unpaired) electrons. The quantitative estimate of drug-likeness (QED) is 0.596. The first-order valence-corrected chi connectivity index (χ1v) is 4.83. The van der Waals surface area contributed by atoms with Crippen LogP contribution in [0.3, 0.4) is 0 Å². The molecule has 1 aliphatic rings. The molecule has 2 heteroatoms. The molecule has 1 atom stereocenters. The standard InChI is InChI=1S/C10H19NO/c1-3-4-5-10(2)11-6-8-12-9-7-11/h4-5,10H,3,6-9H2,1-2H3/b5-4+. The third-order valence-electron chi connectivity index (χ3n) is 2.27. The number of nitrogens with zero attached hydrogens (tertiary/aromatic N) is 1. The van der Waals surface area contributed by atoms with E-state index < -0.39 is 0 Å². The Hall–Kier alpha value is -0.340. The first kappa shape index (κ1) is 9.75. The second-order valence-corrected chi connectivity index (χ2v) is 3.23. The van der Waals surface area contributed by atoms with Crippen molar-refractivity contribution in [1.82, 2.24) is 4.90 Å². The van der Waals surface area contributed by atoms with Gasteiger partial charge >= 0.3 is 0 Å². The topological polar surface area (TPSA) is 12.5 Å². The Balaban J connectivity index is 2.29. The first-order valence-electron chi connectivity index (χ1n) is 4.83. The van der Waals surface area contributed by atoms with Gasteiger partial charge in [0.05, 0.1) is 13.2 Å². The fourth-order valence-electron chi connectivity index (χ4n) is 1.44. The predicted octanol–water partition coefficient (Wildman–Crippen LogP) is 1.67. The van der Waals surface area contributed by atoms with Crippen LogP contribution >= 0.6 is 0 Å². The molecule has 70 valence electrons. The molecule has 1 rings (SSSR count). The Bertz CT molecular complexity index is 139. The molecule has 0 amide bonds. The molecule has 0 aliphatic carbocycles. The van der Waals surface area contributed by atoms with Crippen LogP contribution in [0.2, 0.25) is 0 Å². The van der Waals surface area contributed by atoms with E-state index in [9.17, 15) is 0 Å². The number of hydrogen-bond acceptors (Lipinski definition) is 2. The molecule has 1 fully saturated rings. The largest absolute Gasteiger partial charge is 0.379 e. The molecule has 1 unspecified atom stereocenters. The summed E-state index contributed by atoms with van der Waals surface area (Å²) in [4.78, 5) is 2.45. The predicted molar refractivity (Wildman–Crippen MR) is 51.3 cm³/mol. The molecule has 2 nitrogen and oxygen atoms in total. The van der Waals surface area contributed by atoms with E-state index in [1.165, 1.54) is 0 Å². The monoisotopic (exact) mass is 169 g/mol. The van der Waals surface area contributed by atoms with Gasteiger partial charge in [-0.3, -0.25) is 4.90 Å². The number of ether oxygens (including phenoxy) is 1. The highest BCUT2D eigenvalue weighted by molar-refractivity contribution is 4.91. The summed E-state index contributed by atoms with van der Waals surface area (Å²) in [6.07, 6.45) is 5.65. The zero-order valence-corrected chi connectivity index (χ0v) is 8.12. The van der Waals surface area contributed by atoms with E-state index >= 15 is 0 Å². The number of allylic oxidation sites excluding steroid dienone is 1. The summed E-state index contributed by atoms with van der Waals surface area (Å²) in [5, 5.41) is 0. The zero-order chi connectivity index (χ0) is 8.81. The van der Waals surface area contributed by atoms with Crippen LogP contribution in [0.1, 0.15) is 20.3 Å². The van der Waals surface area contributed by atoms with E-state index in [2.05, 4.69) is 30.9 Å². The molecule has 1 heterocycles. The van der Waals surface area contributed by atoms with Gasteiger partial charge in [0, 0.05) is 19.1 Å². The molecule has 0 saturated carbocycles. The van der Waals surface area contributed by atoms with Crippen molar-refractivity contribution >= 4 is 0 Å². The van der Waals surface area contributed by atoms with E-state index in [1.807, 2.05) is 0 Å². The highest BCUT2D eigenvalue weighted by atomic mass is 16.5. The van der Waals surface area contributed by atoms with Gasteiger partial charge in [0.25, 0.3) is 0 Å². The highest BCUT2D eigenvalue weighted by Crippen LogP contribution is 2.04. The fraction of sp³-hybridized carbons (Fsp3) is 0.800. The Morgan fingerprint density at radius 2 is 2.08 bits per heavy atom. The Morgan fingerprint density at radius 3 is 2.67 bits per heavy atom. The van der Waals surface area contributed by atoms with Gasteiger partial charge in [-0.15, -0.1) is 0 Å². The van der Waals surface area contributed by atoms with Crippen molar-refractivity contribution in [3.8, 4) is 0 Å². The van der Waals surface area contributed by atoms with Gasteiger partial charge in [0.2, 0.25) is 0 Å². The zero-order valence-electron chi connectivity index (χ0n) is 8.12. The maximum atomic E-state index is 5.29. The van der Waals surface area contributed by atoms with Crippen LogP contribution in [0.4, 0.5) is 0 Å². The lowest BCUT2D eigenvalue weighted by atomic mass is 10.2. The van der Waals surface area contributed by atoms with E-state index in [4.69, 9.17) is 4.74 Å². The third-order valence-corrected chi connectivity index (χ3v) is 2.27. The van der Waals surface area contributed by atoms with E-state index in [0.717, 1.165) is 32.7 Å². The van der Waals surface area contributed by atoms with Crippen LogP contribution in [0.5, 0.6) is 0 Å². The smallest absolute Gasteiger partial charge is 0.0594 e.